The maximum atomic E-state index is 13.5. The lowest BCUT2D eigenvalue weighted by molar-refractivity contribution is -0.118. The van der Waals surface area contributed by atoms with Gasteiger partial charge in [0.05, 0.1) is 11.6 Å². The topological polar surface area (TPSA) is 60.9 Å². The van der Waals surface area contributed by atoms with Crippen LogP contribution in [0.5, 0.6) is 0 Å². The molecule has 0 saturated carbocycles. The molecule has 0 bridgehead atoms. The third-order valence-electron chi connectivity index (χ3n) is 6.95. The molecule has 5 heteroatoms. The number of rotatable bonds is 9. The van der Waals surface area contributed by atoms with Crippen molar-refractivity contribution in [2.75, 3.05) is 22.9 Å². The number of benzene rings is 3. The molecule has 0 aliphatic carbocycles. The molecule has 0 saturated heterocycles. The molecule has 0 spiro atoms. The van der Waals surface area contributed by atoms with Crippen molar-refractivity contribution in [3.63, 3.8) is 0 Å². The highest BCUT2D eigenvalue weighted by molar-refractivity contribution is 6.16. The van der Waals surface area contributed by atoms with Gasteiger partial charge in [0.25, 0.3) is 5.91 Å². The normalized spacial score (nSPS) is 15.5. The Morgan fingerprint density at radius 1 is 0.944 bits per heavy atom. The fourth-order valence-electron chi connectivity index (χ4n) is 4.93. The third-order valence-corrected chi connectivity index (χ3v) is 6.95. The molecule has 4 rings (SSSR count). The molecule has 1 amide bonds. The predicted octanol–water partition coefficient (Wildman–Crippen LogP) is 6.25. The fraction of sp³-hybridized carbons (Fsp3) is 0.290. The van der Waals surface area contributed by atoms with Crippen molar-refractivity contribution in [1.82, 2.24) is 0 Å². The maximum absolute atomic E-state index is 13.5. The van der Waals surface area contributed by atoms with Gasteiger partial charge >= 0.3 is 0 Å². The van der Waals surface area contributed by atoms with Crippen molar-refractivity contribution in [3.05, 3.63) is 106 Å². The monoisotopic (exact) mass is 482 g/mol. The summed E-state index contributed by atoms with van der Waals surface area (Å²) in [5.74, 6) is -1.20. The summed E-state index contributed by atoms with van der Waals surface area (Å²) in [5.41, 5.74) is 5.71. The van der Waals surface area contributed by atoms with Gasteiger partial charge < -0.3 is 10.0 Å². The molecule has 0 radical (unpaired) electrons. The van der Waals surface area contributed by atoms with Gasteiger partial charge in [-0.15, -0.1) is 0 Å². The lowest BCUT2D eigenvalue weighted by atomic mass is 9.92. The first-order valence-electron chi connectivity index (χ1n) is 12.6. The Hall–Kier alpha value is -3.86. The first-order valence-corrected chi connectivity index (χ1v) is 12.6. The van der Waals surface area contributed by atoms with Crippen molar-refractivity contribution in [1.29, 1.82) is 0 Å². The molecule has 1 aliphatic rings. The van der Waals surface area contributed by atoms with Gasteiger partial charge in [0.2, 0.25) is 0 Å². The van der Waals surface area contributed by atoms with Crippen LogP contribution in [0.15, 0.2) is 84.1 Å². The number of hydrogen-bond acceptors (Lipinski definition) is 4. The highest BCUT2D eigenvalue weighted by Gasteiger charge is 2.44. The van der Waals surface area contributed by atoms with Crippen LogP contribution in [-0.4, -0.2) is 29.9 Å². The Kier molecular flexibility index (Phi) is 7.58. The van der Waals surface area contributed by atoms with E-state index in [0.29, 0.717) is 12.1 Å². The highest BCUT2D eigenvalue weighted by atomic mass is 16.3. The van der Waals surface area contributed by atoms with E-state index in [1.54, 1.807) is 4.90 Å². The molecule has 186 valence electrons. The Morgan fingerprint density at radius 3 is 2.25 bits per heavy atom. The van der Waals surface area contributed by atoms with Crippen molar-refractivity contribution in [2.24, 2.45) is 0 Å². The molecule has 5 nitrogen and oxygen atoms in total. The molecule has 1 aliphatic heterocycles. The third kappa shape index (κ3) is 4.92. The molecular formula is C31H34N2O3. The number of carbonyl (C=O) groups is 2. The average molecular weight is 483 g/mol. The van der Waals surface area contributed by atoms with Crippen LogP contribution in [0.4, 0.5) is 11.4 Å². The summed E-state index contributed by atoms with van der Waals surface area (Å²) in [6.45, 7) is 9.90. The average Bonchev–Trinajstić information content (AvgIpc) is 3.16. The van der Waals surface area contributed by atoms with Gasteiger partial charge in [-0.25, -0.2) is 0 Å². The fourth-order valence-corrected chi connectivity index (χ4v) is 4.93. The SMILES string of the molecule is CCN(CC)c1ccc(C2C(C(=O)CCc3ccccc3)=C(O)C(=O)N2c2cc(C)ccc2C)cc1. The van der Waals surface area contributed by atoms with Crippen LogP contribution in [0.25, 0.3) is 0 Å². The highest BCUT2D eigenvalue weighted by Crippen LogP contribution is 2.43. The molecule has 1 heterocycles. The maximum Gasteiger partial charge on any atom is 0.294 e. The van der Waals surface area contributed by atoms with Crippen LogP contribution >= 0.6 is 0 Å². The molecule has 0 fully saturated rings. The number of anilines is 2. The largest absolute Gasteiger partial charge is 0.503 e. The van der Waals surface area contributed by atoms with Gasteiger partial charge in [0.1, 0.15) is 0 Å². The molecule has 1 atom stereocenters. The quantitative estimate of drug-likeness (QED) is 0.392. The number of ketones is 1. The Morgan fingerprint density at radius 2 is 1.61 bits per heavy atom. The van der Waals surface area contributed by atoms with Crippen molar-refractivity contribution in [2.45, 2.75) is 46.6 Å². The summed E-state index contributed by atoms with van der Waals surface area (Å²) in [7, 11) is 0. The minimum atomic E-state index is -0.688. The van der Waals surface area contributed by atoms with Crippen molar-refractivity contribution < 1.29 is 14.7 Å². The van der Waals surface area contributed by atoms with Crippen LogP contribution < -0.4 is 9.80 Å². The Bertz CT molecular complexity index is 1270. The van der Waals surface area contributed by atoms with E-state index in [9.17, 15) is 14.7 Å². The molecule has 3 aromatic rings. The second kappa shape index (κ2) is 10.8. The number of hydrogen-bond donors (Lipinski definition) is 1. The summed E-state index contributed by atoms with van der Waals surface area (Å²) in [6, 6.07) is 23.0. The second-order valence-electron chi connectivity index (χ2n) is 9.30. The standard InChI is InChI=1S/C31H34N2O3/c1-5-32(6-2)25-17-15-24(16-18-25)29-28(27(34)19-14-23-10-8-7-9-11-23)30(35)31(36)33(29)26-20-21(3)12-13-22(26)4/h7-13,15-18,20,29,35H,5-6,14,19H2,1-4H3. The number of aryl methyl sites for hydroxylation is 3. The number of carbonyl (C=O) groups excluding carboxylic acids is 2. The molecule has 1 unspecified atom stereocenters. The molecule has 3 aromatic carbocycles. The second-order valence-corrected chi connectivity index (χ2v) is 9.30. The van der Waals surface area contributed by atoms with Gasteiger partial charge in [0.15, 0.2) is 11.5 Å². The van der Waals surface area contributed by atoms with E-state index < -0.39 is 17.7 Å². The summed E-state index contributed by atoms with van der Waals surface area (Å²) >= 11 is 0. The molecule has 36 heavy (non-hydrogen) atoms. The van der Waals surface area contributed by atoms with Gasteiger partial charge in [-0.1, -0.05) is 54.6 Å². The number of nitrogens with zero attached hydrogens (tertiary/aromatic N) is 2. The van der Waals surface area contributed by atoms with E-state index >= 15 is 0 Å². The summed E-state index contributed by atoms with van der Waals surface area (Å²) in [4.78, 5) is 30.8. The number of aliphatic hydroxyl groups excluding tert-OH is 1. The van der Waals surface area contributed by atoms with E-state index in [1.165, 1.54) is 0 Å². The lowest BCUT2D eigenvalue weighted by Crippen LogP contribution is -2.31. The van der Waals surface area contributed by atoms with Crippen molar-refractivity contribution in [3.8, 4) is 0 Å². The zero-order valence-electron chi connectivity index (χ0n) is 21.5. The van der Waals surface area contributed by atoms with E-state index in [-0.39, 0.29) is 17.8 Å². The van der Waals surface area contributed by atoms with Crippen LogP contribution in [0, 0.1) is 13.8 Å². The number of aliphatic hydroxyl groups is 1. The van der Waals surface area contributed by atoms with Gasteiger partial charge in [0, 0.05) is 30.9 Å². The van der Waals surface area contributed by atoms with E-state index in [4.69, 9.17) is 0 Å². The lowest BCUT2D eigenvalue weighted by Gasteiger charge is -2.29. The minimum Gasteiger partial charge on any atom is -0.503 e. The number of Topliss-reactive ketones (excluding diaryl/α,β-unsaturated/α-hetero) is 1. The van der Waals surface area contributed by atoms with Gasteiger partial charge in [-0.2, -0.15) is 0 Å². The first-order chi connectivity index (χ1) is 17.3. The summed E-state index contributed by atoms with van der Waals surface area (Å²) in [6.07, 6.45) is 0.757. The van der Waals surface area contributed by atoms with Crippen LogP contribution in [0.1, 0.15) is 48.6 Å². The van der Waals surface area contributed by atoms with Gasteiger partial charge in [-0.05, 0) is 74.6 Å². The Labute approximate surface area is 213 Å². The van der Waals surface area contributed by atoms with E-state index in [2.05, 4.69) is 18.7 Å². The Balaban J connectivity index is 1.76. The predicted molar refractivity (Wildman–Crippen MR) is 146 cm³/mol. The zero-order valence-corrected chi connectivity index (χ0v) is 21.5. The molecule has 1 N–H and O–H groups in total. The van der Waals surface area contributed by atoms with Crippen LogP contribution in [0.2, 0.25) is 0 Å². The smallest absolute Gasteiger partial charge is 0.294 e. The molecule has 0 aromatic heterocycles. The molecular weight excluding hydrogens is 448 g/mol. The van der Waals surface area contributed by atoms with Gasteiger partial charge in [-0.3, -0.25) is 14.5 Å². The van der Waals surface area contributed by atoms with E-state index in [0.717, 1.165) is 41.0 Å². The van der Waals surface area contributed by atoms with E-state index in [1.807, 2.05) is 86.6 Å². The minimum absolute atomic E-state index is 0.174. The van der Waals surface area contributed by atoms with Crippen LogP contribution in [-0.2, 0) is 16.0 Å². The summed E-state index contributed by atoms with van der Waals surface area (Å²) < 4.78 is 0. The van der Waals surface area contributed by atoms with Crippen LogP contribution in [0.3, 0.4) is 0 Å². The van der Waals surface area contributed by atoms with Crippen molar-refractivity contribution >= 4 is 23.1 Å². The summed E-state index contributed by atoms with van der Waals surface area (Å²) in [5, 5.41) is 11.0. The first kappa shape index (κ1) is 25.2. The zero-order chi connectivity index (χ0) is 25.8. The number of amides is 1.